The number of hydrogen-bond acceptors (Lipinski definition) is 4. The molecule has 1 aliphatic heterocycles. The number of likely N-dealkylation sites (tertiary alicyclic amines) is 1. The van der Waals surface area contributed by atoms with E-state index in [0.29, 0.717) is 13.0 Å². The fourth-order valence-corrected chi connectivity index (χ4v) is 4.01. The second-order valence-electron chi connectivity index (χ2n) is 7.46. The first-order chi connectivity index (χ1) is 13.1. The Kier molecular flexibility index (Phi) is 6.66. The molecule has 1 saturated carbocycles. The number of nitrogens with zero attached hydrogens (tertiary/aromatic N) is 1. The number of ether oxygens (including phenoxy) is 1. The van der Waals surface area contributed by atoms with E-state index in [-0.39, 0.29) is 41.1 Å². The van der Waals surface area contributed by atoms with Crippen molar-refractivity contribution in [3.8, 4) is 0 Å². The molecular formula is C20H29N3O4. The van der Waals surface area contributed by atoms with Crippen molar-refractivity contribution >= 4 is 11.8 Å². The summed E-state index contributed by atoms with van der Waals surface area (Å²) in [6.45, 7) is 4.36. The molecule has 1 aromatic rings. The maximum atomic E-state index is 12.8. The van der Waals surface area contributed by atoms with Gasteiger partial charge in [0.25, 0.3) is 5.91 Å². The molecular weight excluding hydrogens is 346 g/mol. The topological polar surface area (TPSA) is 91.5 Å². The molecule has 2 amide bonds. The van der Waals surface area contributed by atoms with Gasteiger partial charge in [-0.1, -0.05) is 13.0 Å². The standard InChI is InChI=1S/C20H29N3O4/c1-2-12-27-17-9-8-14(20(26)23-10-3-4-11-23)13-16(17)22-19(25)15-6-5-7-18(24)21-15/h5-7,14,16-17H,2-4,8-13H2,1H3,(H,21,24)(H,22,25)/t14-,16+,17+/m0/s1. The molecule has 0 radical (unpaired) electrons. The lowest BCUT2D eigenvalue weighted by Gasteiger charge is -2.37. The number of amides is 2. The van der Waals surface area contributed by atoms with E-state index in [1.165, 1.54) is 6.07 Å². The van der Waals surface area contributed by atoms with Crippen LogP contribution in [0.15, 0.2) is 23.0 Å². The van der Waals surface area contributed by atoms with Crippen LogP contribution < -0.4 is 10.9 Å². The number of carbonyl (C=O) groups is 2. The molecule has 2 heterocycles. The van der Waals surface area contributed by atoms with Gasteiger partial charge in [0, 0.05) is 31.7 Å². The zero-order valence-corrected chi connectivity index (χ0v) is 15.9. The summed E-state index contributed by atoms with van der Waals surface area (Å²) >= 11 is 0. The van der Waals surface area contributed by atoms with Gasteiger partial charge in [-0.15, -0.1) is 0 Å². The second kappa shape index (κ2) is 9.17. The predicted octanol–water partition coefficient (Wildman–Crippen LogP) is 1.69. The molecule has 3 atom stereocenters. The van der Waals surface area contributed by atoms with E-state index in [1.54, 1.807) is 12.1 Å². The lowest BCUT2D eigenvalue weighted by molar-refractivity contribution is -0.137. The highest BCUT2D eigenvalue weighted by atomic mass is 16.5. The first-order valence-electron chi connectivity index (χ1n) is 9.99. The fourth-order valence-electron chi connectivity index (χ4n) is 4.01. The predicted molar refractivity (Wildman–Crippen MR) is 102 cm³/mol. The SMILES string of the molecule is CCCO[C@@H]1CC[C@H](C(=O)N2CCCC2)C[C@H]1NC(=O)c1cccc(=O)[nH]1. The number of rotatable bonds is 6. The van der Waals surface area contributed by atoms with Crippen LogP contribution in [0.4, 0.5) is 0 Å². The van der Waals surface area contributed by atoms with Crippen LogP contribution in [0.2, 0.25) is 0 Å². The number of aromatic amines is 1. The number of carbonyl (C=O) groups excluding carboxylic acids is 2. The summed E-state index contributed by atoms with van der Waals surface area (Å²) in [6.07, 6.45) is 5.06. The molecule has 2 N–H and O–H groups in total. The Morgan fingerprint density at radius 3 is 2.74 bits per heavy atom. The second-order valence-corrected chi connectivity index (χ2v) is 7.46. The van der Waals surface area contributed by atoms with Gasteiger partial charge in [0.05, 0.1) is 12.1 Å². The maximum Gasteiger partial charge on any atom is 0.268 e. The van der Waals surface area contributed by atoms with Crippen LogP contribution in [-0.4, -0.2) is 53.5 Å². The Morgan fingerprint density at radius 1 is 1.26 bits per heavy atom. The third-order valence-corrected chi connectivity index (χ3v) is 5.42. The van der Waals surface area contributed by atoms with E-state index in [9.17, 15) is 14.4 Å². The molecule has 0 aromatic carbocycles. The Balaban J connectivity index is 1.69. The average molecular weight is 375 g/mol. The van der Waals surface area contributed by atoms with Crippen molar-refractivity contribution in [2.75, 3.05) is 19.7 Å². The Morgan fingerprint density at radius 2 is 2.04 bits per heavy atom. The molecule has 2 aliphatic rings. The number of H-pyrrole nitrogens is 1. The van der Waals surface area contributed by atoms with Crippen LogP contribution in [0.5, 0.6) is 0 Å². The minimum Gasteiger partial charge on any atom is -0.376 e. The highest BCUT2D eigenvalue weighted by molar-refractivity contribution is 5.92. The van der Waals surface area contributed by atoms with E-state index < -0.39 is 0 Å². The molecule has 1 aliphatic carbocycles. The molecule has 148 valence electrons. The van der Waals surface area contributed by atoms with Crippen molar-refractivity contribution in [3.63, 3.8) is 0 Å². The largest absolute Gasteiger partial charge is 0.376 e. The monoisotopic (exact) mass is 375 g/mol. The zero-order chi connectivity index (χ0) is 19.2. The van der Waals surface area contributed by atoms with Gasteiger partial charge in [0.15, 0.2) is 0 Å². The van der Waals surface area contributed by atoms with Crippen molar-refractivity contribution in [2.45, 2.75) is 57.6 Å². The minimum atomic E-state index is -0.336. The maximum absolute atomic E-state index is 12.8. The first-order valence-corrected chi connectivity index (χ1v) is 9.99. The smallest absolute Gasteiger partial charge is 0.268 e. The molecule has 0 bridgehead atoms. The lowest BCUT2D eigenvalue weighted by atomic mass is 9.82. The third kappa shape index (κ3) is 4.97. The summed E-state index contributed by atoms with van der Waals surface area (Å²) in [5, 5.41) is 2.99. The average Bonchev–Trinajstić information content (AvgIpc) is 3.21. The summed E-state index contributed by atoms with van der Waals surface area (Å²) in [5.41, 5.74) is -0.0862. The molecule has 0 spiro atoms. The number of aromatic nitrogens is 1. The third-order valence-electron chi connectivity index (χ3n) is 5.42. The summed E-state index contributed by atoms with van der Waals surface area (Å²) < 4.78 is 5.95. The van der Waals surface area contributed by atoms with E-state index in [2.05, 4.69) is 10.3 Å². The number of nitrogens with one attached hydrogen (secondary N) is 2. The quantitative estimate of drug-likeness (QED) is 0.792. The minimum absolute atomic E-state index is 0.0790. The van der Waals surface area contributed by atoms with Crippen LogP contribution in [-0.2, 0) is 9.53 Å². The van der Waals surface area contributed by atoms with E-state index in [0.717, 1.165) is 45.2 Å². The van der Waals surface area contributed by atoms with E-state index >= 15 is 0 Å². The van der Waals surface area contributed by atoms with Gasteiger partial charge in [-0.3, -0.25) is 14.4 Å². The van der Waals surface area contributed by atoms with Crippen LogP contribution in [0.25, 0.3) is 0 Å². The molecule has 27 heavy (non-hydrogen) atoms. The number of hydrogen-bond donors (Lipinski definition) is 2. The van der Waals surface area contributed by atoms with E-state index in [4.69, 9.17) is 4.74 Å². The van der Waals surface area contributed by atoms with Gasteiger partial charge in [-0.25, -0.2) is 0 Å². The Bertz CT molecular complexity index is 711. The Hall–Kier alpha value is -2.15. The lowest BCUT2D eigenvalue weighted by Crippen LogP contribution is -2.51. The van der Waals surface area contributed by atoms with E-state index in [1.807, 2.05) is 11.8 Å². The van der Waals surface area contributed by atoms with Crippen LogP contribution >= 0.6 is 0 Å². The fraction of sp³-hybridized carbons (Fsp3) is 0.650. The highest BCUT2D eigenvalue weighted by Gasteiger charge is 2.37. The van der Waals surface area contributed by atoms with Crippen LogP contribution in [0.3, 0.4) is 0 Å². The molecule has 7 heteroatoms. The zero-order valence-electron chi connectivity index (χ0n) is 15.9. The van der Waals surface area contributed by atoms with Crippen LogP contribution in [0.1, 0.15) is 55.9 Å². The van der Waals surface area contributed by atoms with Crippen LogP contribution in [0, 0.1) is 5.92 Å². The summed E-state index contributed by atoms with van der Waals surface area (Å²) in [6, 6.07) is 4.27. The van der Waals surface area contributed by atoms with Crippen molar-refractivity contribution in [3.05, 3.63) is 34.2 Å². The van der Waals surface area contributed by atoms with Crippen molar-refractivity contribution in [2.24, 2.45) is 5.92 Å². The molecule has 1 saturated heterocycles. The van der Waals surface area contributed by atoms with Crippen molar-refractivity contribution in [1.29, 1.82) is 0 Å². The van der Waals surface area contributed by atoms with Crippen molar-refractivity contribution < 1.29 is 14.3 Å². The normalized spacial score (nSPS) is 25.4. The first kappa shape index (κ1) is 19.6. The summed E-state index contributed by atoms with van der Waals surface area (Å²) in [5.74, 6) is -0.212. The summed E-state index contributed by atoms with van der Waals surface area (Å²) in [7, 11) is 0. The van der Waals surface area contributed by atoms with Gasteiger partial charge < -0.3 is 19.9 Å². The highest BCUT2D eigenvalue weighted by Crippen LogP contribution is 2.29. The Labute approximate surface area is 159 Å². The molecule has 1 aromatic heterocycles. The number of pyridine rings is 1. The van der Waals surface area contributed by atoms with Gasteiger partial charge >= 0.3 is 0 Å². The molecule has 0 unspecified atom stereocenters. The van der Waals surface area contributed by atoms with Gasteiger partial charge in [0.1, 0.15) is 5.69 Å². The van der Waals surface area contributed by atoms with Gasteiger partial charge in [-0.05, 0) is 44.6 Å². The molecule has 2 fully saturated rings. The summed E-state index contributed by atoms with van der Waals surface area (Å²) in [4.78, 5) is 41.3. The van der Waals surface area contributed by atoms with Gasteiger partial charge in [-0.2, -0.15) is 0 Å². The van der Waals surface area contributed by atoms with Crippen molar-refractivity contribution in [1.82, 2.24) is 15.2 Å². The molecule has 3 rings (SSSR count). The molecule has 7 nitrogen and oxygen atoms in total. The van der Waals surface area contributed by atoms with Gasteiger partial charge in [0.2, 0.25) is 11.5 Å².